The summed E-state index contributed by atoms with van der Waals surface area (Å²) in [6.45, 7) is 0. The van der Waals surface area contributed by atoms with Gasteiger partial charge in [-0.1, -0.05) is 27.2 Å². The van der Waals surface area contributed by atoms with Gasteiger partial charge in [-0.3, -0.25) is 0 Å². The molecular formula is C8H6BrN3. The zero-order valence-corrected chi connectivity index (χ0v) is 7.69. The van der Waals surface area contributed by atoms with Crippen molar-refractivity contribution < 1.29 is 1.37 Å². The standard InChI is InChI=1S/C8H6BrN3/c9-7-2-1-3-8(6-7)12-5-4-10-11-12/h1-6H/i5D. The largest absolute Gasteiger partial charge is 0.221 e. The molecule has 60 valence electrons. The molecule has 3 nitrogen and oxygen atoms in total. The minimum absolute atomic E-state index is 0.276. The van der Waals surface area contributed by atoms with Gasteiger partial charge in [0.05, 0.1) is 19.4 Å². The second kappa shape index (κ2) is 3.06. The normalized spacial score (nSPS) is 11.2. The Morgan fingerprint density at radius 2 is 2.42 bits per heavy atom. The minimum Gasteiger partial charge on any atom is -0.221 e. The first-order chi connectivity index (χ1) is 6.27. The maximum atomic E-state index is 7.48. The average molecular weight is 225 g/mol. The first-order valence-corrected chi connectivity index (χ1v) is 4.20. The van der Waals surface area contributed by atoms with Crippen molar-refractivity contribution >= 4 is 15.9 Å². The molecule has 2 rings (SSSR count). The molecule has 0 fully saturated rings. The fourth-order valence-electron chi connectivity index (χ4n) is 0.918. The number of halogens is 1. The highest BCUT2D eigenvalue weighted by atomic mass is 79.9. The third-order valence-corrected chi connectivity index (χ3v) is 1.92. The lowest BCUT2D eigenvalue weighted by molar-refractivity contribution is 0.803. The maximum absolute atomic E-state index is 7.48. The van der Waals surface area contributed by atoms with Crippen molar-refractivity contribution in [2.45, 2.75) is 0 Å². The molecule has 12 heavy (non-hydrogen) atoms. The van der Waals surface area contributed by atoms with Crippen molar-refractivity contribution in [3.63, 3.8) is 0 Å². The van der Waals surface area contributed by atoms with Crippen LogP contribution in [-0.4, -0.2) is 15.0 Å². The average Bonchev–Trinajstić information content (AvgIpc) is 2.51. The van der Waals surface area contributed by atoms with Gasteiger partial charge >= 0.3 is 0 Å². The Morgan fingerprint density at radius 1 is 1.50 bits per heavy atom. The van der Waals surface area contributed by atoms with E-state index in [1.54, 1.807) is 0 Å². The molecule has 2 aromatic rings. The number of benzene rings is 1. The predicted octanol–water partition coefficient (Wildman–Crippen LogP) is 2.03. The molecule has 1 aromatic carbocycles. The van der Waals surface area contributed by atoms with E-state index in [2.05, 4.69) is 26.2 Å². The summed E-state index contributed by atoms with van der Waals surface area (Å²) in [5.41, 5.74) is 0.830. The van der Waals surface area contributed by atoms with Gasteiger partial charge in [0.25, 0.3) is 0 Å². The first-order valence-electron chi connectivity index (χ1n) is 3.90. The van der Waals surface area contributed by atoms with E-state index < -0.39 is 0 Å². The summed E-state index contributed by atoms with van der Waals surface area (Å²) in [6.07, 6.45) is 1.68. The highest BCUT2D eigenvalue weighted by Gasteiger charge is 1.95. The quantitative estimate of drug-likeness (QED) is 0.743. The van der Waals surface area contributed by atoms with Crippen molar-refractivity contribution in [3.05, 3.63) is 41.1 Å². The van der Waals surface area contributed by atoms with Gasteiger partial charge in [-0.05, 0) is 18.2 Å². The molecule has 1 aromatic heterocycles. The molecule has 0 unspecified atom stereocenters. The van der Waals surface area contributed by atoms with E-state index in [1.165, 1.54) is 10.9 Å². The summed E-state index contributed by atoms with van der Waals surface area (Å²) in [5.74, 6) is 0. The molecule has 1 heterocycles. The van der Waals surface area contributed by atoms with Crippen LogP contribution in [-0.2, 0) is 0 Å². The fourth-order valence-corrected chi connectivity index (χ4v) is 1.30. The van der Waals surface area contributed by atoms with Crippen LogP contribution in [0.2, 0.25) is 0 Å². The summed E-state index contributed by atoms with van der Waals surface area (Å²) in [4.78, 5) is 0. The Kier molecular flexibility index (Phi) is 1.63. The molecule has 0 saturated heterocycles. The van der Waals surface area contributed by atoms with Gasteiger partial charge in [0.2, 0.25) is 0 Å². The summed E-state index contributed by atoms with van der Waals surface area (Å²) in [6, 6.07) is 7.56. The van der Waals surface area contributed by atoms with E-state index in [0.717, 1.165) is 10.2 Å². The Bertz CT molecular complexity index is 427. The maximum Gasteiger partial charge on any atom is 0.0859 e. The van der Waals surface area contributed by atoms with Gasteiger partial charge in [0.1, 0.15) is 0 Å². The van der Waals surface area contributed by atoms with Gasteiger partial charge < -0.3 is 0 Å². The second-order valence-electron chi connectivity index (χ2n) is 2.25. The van der Waals surface area contributed by atoms with Crippen LogP contribution in [0.4, 0.5) is 0 Å². The van der Waals surface area contributed by atoms with Crippen LogP contribution in [0.3, 0.4) is 0 Å². The summed E-state index contributed by atoms with van der Waals surface area (Å²) in [7, 11) is 0. The van der Waals surface area contributed by atoms with Gasteiger partial charge in [-0.2, -0.15) is 0 Å². The number of aromatic nitrogens is 3. The van der Waals surface area contributed by atoms with Crippen molar-refractivity contribution in [2.24, 2.45) is 0 Å². The summed E-state index contributed by atoms with van der Waals surface area (Å²) in [5, 5.41) is 7.42. The molecule has 0 radical (unpaired) electrons. The van der Waals surface area contributed by atoms with Crippen LogP contribution in [0.1, 0.15) is 1.37 Å². The molecule has 4 heteroatoms. The fraction of sp³-hybridized carbons (Fsp3) is 0. The van der Waals surface area contributed by atoms with Crippen LogP contribution < -0.4 is 0 Å². The summed E-state index contributed by atoms with van der Waals surface area (Å²) < 4.78 is 9.90. The highest BCUT2D eigenvalue weighted by Crippen LogP contribution is 2.13. The Labute approximate surface area is 79.6 Å². The third kappa shape index (κ3) is 1.38. The monoisotopic (exact) mass is 224 g/mol. The molecule has 0 aliphatic rings. The smallest absolute Gasteiger partial charge is 0.0859 e. The van der Waals surface area contributed by atoms with Gasteiger partial charge in [0, 0.05) is 4.47 Å². The topological polar surface area (TPSA) is 30.7 Å². The molecule has 0 bridgehead atoms. The molecule has 0 saturated carbocycles. The highest BCUT2D eigenvalue weighted by molar-refractivity contribution is 9.10. The molecule has 0 spiro atoms. The molecule has 0 amide bonds. The van der Waals surface area contributed by atoms with E-state index in [4.69, 9.17) is 1.37 Å². The second-order valence-corrected chi connectivity index (χ2v) is 3.17. The van der Waals surface area contributed by atoms with Crippen LogP contribution in [0.15, 0.2) is 41.1 Å². The van der Waals surface area contributed by atoms with E-state index >= 15 is 0 Å². The zero-order valence-electron chi connectivity index (χ0n) is 7.11. The van der Waals surface area contributed by atoms with Crippen molar-refractivity contribution in [1.82, 2.24) is 15.0 Å². The minimum atomic E-state index is 0.276. The van der Waals surface area contributed by atoms with Crippen LogP contribution >= 0.6 is 15.9 Å². The van der Waals surface area contributed by atoms with Crippen LogP contribution in [0.5, 0.6) is 0 Å². The van der Waals surface area contributed by atoms with E-state index in [1.807, 2.05) is 24.3 Å². The van der Waals surface area contributed by atoms with Gasteiger partial charge in [-0.15, -0.1) is 5.10 Å². The lowest BCUT2D eigenvalue weighted by atomic mass is 10.3. The van der Waals surface area contributed by atoms with Crippen molar-refractivity contribution in [2.75, 3.05) is 0 Å². The number of hydrogen-bond acceptors (Lipinski definition) is 2. The van der Waals surface area contributed by atoms with E-state index in [-0.39, 0.29) is 6.17 Å². The molecule has 0 aliphatic heterocycles. The van der Waals surface area contributed by atoms with E-state index in [0.29, 0.717) is 0 Å². The zero-order chi connectivity index (χ0) is 9.26. The Morgan fingerprint density at radius 3 is 3.08 bits per heavy atom. The lowest BCUT2D eigenvalue weighted by Crippen LogP contribution is -1.93. The third-order valence-electron chi connectivity index (χ3n) is 1.43. The van der Waals surface area contributed by atoms with Gasteiger partial charge in [0.15, 0.2) is 0 Å². The van der Waals surface area contributed by atoms with Crippen LogP contribution in [0.25, 0.3) is 5.69 Å². The van der Waals surface area contributed by atoms with Crippen LogP contribution in [0, 0.1) is 0 Å². The Balaban J connectivity index is 2.53. The number of rotatable bonds is 1. The first kappa shape index (κ1) is 6.37. The molecule has 0 N–H and O–H groups in total. The number of hydrogen-bond donors (Lipinski definition) is 0. The van der Waals surface area contributed by atoms with Gasteiger partial charge in [-0.25, -0.2) is 4.68 Å². The van der Waals surface area contributed by atoms with Crippen molar-refractivity contribution in [3.8, 4) is 5.69 Å². The Hall–Kier alpha value is -1.16. The lowest BCUT2D eigenvalue weighted by Gasteiger charge is -1.98. The SMILES string of the molecule is [2H]c1cnnn1-c1cccc(Br)c1. The van der Waals surface area contributed by atoms with Crippen molar-refractivity contribution in [1.29, 1.82) is 0 Å². The molecule has 0 atom stereocenters. The summed E-state index contributed by atoms with van der Waals surface area (Å²) >= 11 is 3.35. The predicted molar refractivity (Wildman–Crippen MR) is 49.1 cm³/mol. The van der Waals surface area contributed by atoms with E-state index in [9.17, 15) is 0 Å². The number of nitrogens with zero attached hydrogens (tertiary/aromatic N) is 3. The molecular weight excluding hydrogens is 218 g/mol. The molecule has 0 aliphatic carbocycles.